The number of rotatable bonds is 2. The molecule has 2 heterocycles. The monoisotopic (exact) mass is 269 g/mol. The Balaban J connectivity index is 2.01. The van der Waals surface area contributed by atoms with Crippen LogP contribution in [-0.2, 0) is 4.79 Å². The highest BCUT2D eigenvalue weighted by Crippen LogP contribution is 2.28. The van der Waals surface area contributed by atoms with Gasteiger partial charge in [-0.2, -0.15) is 0 Å². The van der Waals surface area contributed by atoms with Crippen LogP contribution in [-0.4, -0.2) is 65.2 Å². The molecule has 0 aliphatic carbocycles. The molecule has 0 saturated carbocycles. The topological polar surface area (TPSA) is 72.9 Å². The van der Waals surface area contributed by atoms with Crippen molar-refractivity contribution < 1.29 is 14.7 Å². The molecule has 2 unspecified atom stereocenters. The number of carboxylic acid groups (broad SMARTS) is 1. The van der Waals surface area contributed by atoms with Gasteiger partial charge in [-0.1, -0.05) is 0 Å². The zero-order valence-corrected chi connectivity index (χ0v) is 11.7. The predicted octanol–water partition coefficient (Wildman–Crippen LogP) is 0.729. The highest BCUT2D eigenvalue weighted by atomic mass is 16.4. The molecule has 6 heteroatoms. The minimum absolute atomic E-state index is 0.137. The maximum Gasteiger partial charge on any atom is 0.329 e. The average molecular weight is 269 g/mol. The second kappa shape index (κ2) is 5.36. The van der Waals surface area contributed by atoms with E-state index in [2.05, 4.69) is 10.2 Å². The number of nitrogens with zero attached hydrogens (tertiary/aromatic N) is 2. The highest BCUT2D eigenvalue weighted by molar-refractivity contribution is 5.86. The number of carbonyl (C=O) groups excluding carboxylic acids is 1. The molecule has 2 N–H and O–H groups in total. The van der Waals surface area contributed by atoms with Gasteiger partial charge in [0.05, 0.1) is 0 Å². The van der Waals surface area contributed by atoms with Crippen LogP contribution in [0.4, 0.5) is 4.79 Å². The third-order valence-electron chi connectivity index (χ3n) is 4.32. The summed E-state index contributed by atoms with van der Waals surface area (Å²) in [5, 5.41) is 12.4. The fourth-order valence-corrected chi connectivity index (χ4v) is 2.97. The first kappa shape index (κ1) is 14.1. The molecule has 0 aromatic carbocycles. The van der Waals surface area contributed by atoms with E-state index in [9.17, 15) is 14.7 Å². The van der Waals surface area contributed by atoms with Gasteiger partial charge in [-0.25, -0.2) is 9.59 Å². The number of urea groups is 1. The van der Waals surface area contributed by atoms with Crippen LogP contribution in [0.1, 0.15) is 32.6 Å². The fraction of sp³-hybridized carbons (Fsp3) is 0.846. The summed E-state index contributed by atoms with van der Waals surface area (Å²) in [5.41, 5.74) is -1.06. The lowest BCUT2D eigenvalue weighted by molar-refractivity contribution is -0.150. The first-order valence-corrected chi connectivity index (χ1v) is 6.93. The lowest BCUT2D eigenvalue weighted by atomic mass is 9.89. The third kappa shape index (κ3) is 2.83. The van der Waals surface area contributed by atoms with Crippen LogP contribution < -0.4 is 5.32 Å². The minimum atomic E-state index is -1.06. The molecule has 2 saturated heterocycles. The number of carboxylic acids is 1. The van der Waals surface area contributed by atoms with Crippen molar-refractivity contribution in [2.24, 2.45) is 0 Å². The molecule has 2 aliphatic rings. The van der Waals surface area contributed by atoms with Crippen molar-refractivity contribution >= 4 is 12.0 Å². The molecule has 0 aromatic heterocycles. The zero-order valence-electron chi connectivity index (χ0n) is 11.7. The molecule has 0 spiro atoms. The summed E-state index contributed by atoms with van der Waals surface area (Å²) in [4.78, 5) is 27.4. The summed E-state index contributed by atoms with van der Waals surface area (Å²) in [6.45, 7) is 3.98. The van der Waals surface area contributed by atoms with Gasteiger partial charge >= 0.3 is 12.0 Å². The standard InChI is InChI=1S/C13H23N3O3/c1-13(11(17)18)6-3-4-7-16(13)12(19)14-10-5-8-15(2)9-10/h10H,3-9H2,1-2H3,(H,14,19)(H,17,18). The number of nitrogens with one attached hydrogen (secondary N) is 1. The smallest absolute Gasteiger partial charge is 0.329 e. The second-order valence-corrected chi connectivity index (χ2v) is 5.89. The Morgan fingerprint density at radius 1 is 1.32 bits per heavy atom. The summed E-state index contributed by atoms with van der Waals surface area (Å²) < 4.78 is 0. The van der Waals surface area contributed by atoms with E-state index in [-0.39, 0.29) is 12.1 Å². The Bertz CT molecular complexity index is 374. The zero-order chi connectivity index (χ0) is 14.0. The third-order valence-corrected chi connectivity index (χ3v) is 4.32. The molecule has 19 heavy (non-hydrogen) atoms. The number of hydrogen-bond acceptors (Lipinski definition) is 3. The summed E-state index contributed by atoms with van der Waals surface area (Å²) in [5.74, 6) is -0.911. The first-order valence-electron chi connectivity index (χ1n) is 6.93. The van der Waals surface area contributed by atoms with Crippen molar-refractivity contribution in [2.75, 3.05) is 26.7 Å². The van der Waals surface area contributed by atoms with Gasteiger partial charge in [-0.3, -0.25) is 0 Å². The van der Waals surface area contributed by atoms with Crippen LogP contribution in [0.2, 0.25) is 0 Å². The SMILES string of the molecule is CN1CCC(NC(=O)N2CCCCC2(C)C(=O)O)C1. The Labute approximate surface area is 113 Å². The van der Waals surface area contributed by atoms with Crippen molar-refractivity contribution in [2.45, 2.75) is 44.2 Å². The van der Waals surface area contributed by atoms with Gasteiger partial charge < -0.3 is 20.2 Å². The van der Waals surface area contributed by atoms with E-state index in [0.717, 1.165) is 32.4 Å². The Morgan fingerprint density at radius 3 is 2.63 bits per heavy atom. The first-order chi connectivity index (χ1) is 8.93. The van der Waals surface area contributed by atoms with Gasteiger partial charge in [0.2, 0.25) is 0 Å². The van der Waals surface area contributed by atoms with Gasteiger partial charge in [-0.05, 0) is 46.2 Å². The Kier molecular flexibility index (Phi) is 3.99. The summed E-state index contributed by atoms with van der Waals surface area (Å²) in [7, 11) is 2.02. The molecule has 2 aliphatic heterocycles. The molecule has 2 atom stereocenters. The van der Waals surface area contributed by atoms with Crippen LogP contribution in [0.15, 0.2) is 0 Å². The molecule has 0 aromatic rings. The highest BCUT2D eigenvalue weighted by Gasteiger charge is 2.44. The molecule has 6 nitrogen and oxygen atoms in total. The predicted molar refractivity (Wildman–Crippen MR) is 71.0 cm³/mol. The maximum atomic E-state index is 12.3. The maximum absolute atomic E-state index is 12.3. The molecule has 2 amide bonds. The van der Waals surface area contributed by atoms with Crippen LogP contribution >= 0.6 is 0 Å². The summed E-state index contributed by atoms with van der Waals surface area (Å²) >= 11 is 0. The average Bonchev–Trinajstić information content (AvgIpc) is 2.75. The quantitative estimate of drug-likeness (QED) is 0.775. The Morgan fingerprint density at radius 2 is 2.05 bits per heavy atom. The van der Waals surface area contributed by atoms with Crippen LogP contribution in [0, 0.1) is 0 Å². The van der Waals surface area contributed by atoms with Crippen molar-refractivity contribution in [3.8, 4) is 0 Å². The lowest BCUT2D eigenvalue weighted by Gasteiger charge is -2.41. The van der Waals surface area contributed by atoms with E-state index in [1.807, 2.05) is 7.05 Å². The van der Waals surface area contributed by atoms with Crippen molar-refractivity contribution in [3.63, 3.8) is 0 Å². The minimum Gasteiger partial charge on any atom is -0.480 e. The van der Waals surface area contributed by atoms with E-state index >= 15 is 0 Å². The number of likely N-dealkylation sites (tertiary alicyclic amines) is 2. The van der Waals surface area contributed by atoms with Gasteiger partial charge in [0.25, 0.3) is 0 Å². The van der Waals surface area contributed by atoms with E-state index in [0.29, 0.717) is 13.0 Å². The van der Waals surface area contributed by atoms with E-state index in [1.54, 1.807) is 6.92 Å². The van der Waals surface area contributed by atoms with Crippen LogP contribution in [0.25, 0.3) is 0 Å². The molecule has 0 radical (unpaired) electrons. The van der Waals surface area contributed by atoms with E-state index in [1.165, 1.54) is 4.90 Å². The summed E-state index contributed by atoms with van der Waals surface area (Å²) in [6.07, 6.45) is 3.19. The van der Waals surface area contributed by atoms with Gasteiger partial charge in [0.15, 0.2) is 0 Å². The molecule has 108 valence electrons. The number of likely N-dealkylation sites (N-methyl/N-ethyl adjacent to an activating group) is 1. The molecular weight excluding hydrogens is 246 g/mol. The van der Waals surface area contributed by atoms with Crippen LogP contribution in [0.3, 0.4) is 0 Å². The molecule has 2 rings (SSSR count). The van der Waals surface area contributed by atoms with Crippen molar-refractivity contribution in [1.82, 2.24) is 15.1 Å². The van der Waals surface area contributed by atoms with Crippen LogP contribution in [0.5, 0.6) is 0 Å². The van der Waals surface area contributed by atoms with Gasteiger partial charge in [-0.15, -0.1) is 0 Å². The second-order valence-electron chi connectivity index (χ2n) is 5.89. The molecule has 0 bridgehead atoms. The van der Waals surface area contributed by atoms with Gasteiger partial charge in [0, 0.05) is 19.1 Å². The molecule has 2 fully saturated rings. The molecular formula is C13H23N3O3. The summed E-state index contributed by atoms with van der Waals surface area (Å²) in [6, 6.07) is -0.0950. The van der Waals surface area contributed by atoms with Crippen molar-refractivity contribution in [1.29, 1.82) is 0 Å². The van der Waals surface area contributed by atoms with E-state index in [4.69, 9.17) is 0 Å². The largest absolute Gasteiger partial charge is 0.480 e. The lowest BCUT2D eigenvalue weighted by Crippen LogP contribution is -2.61. The number of carbonyl (C=O) groups is 2. The van der Waals surface area contributed by atoms with Gasteiger partial charge in [0.1, 0.15) is 5.54 Å². The Hall–Kier alpha value is -1.30. The fourth-order valence-electron chi connectivity index (χ4n) is 2.97. The number of piperidine rings is 1. The number of amides is 2. The van der Waals surface area contributed by atoms with E-state index < -0.39 is 11.5 Å². The number of hydrogen-bond donors (Lipinski definition) is 2. The normalized spacial score (nSPS) is 32.3. The number of aliphatic carboxylic acids is 1. The van der Waals surface area contributed by atoms with Crippen molar-refractivity contribution in [3.05, 3.63) is 0 Å².